The molecule has 1 aromatic rings. The van der Waals surface area contributed by atoms with Crippen LogP contribution in [0, 0.1) is 5.92 Å². The summed E-state index contributed by atoms with van der Waals surface area (Å²) < 4.78 is 38.7. The standard InChI is InChI=1S/C13H15F3N2O/c1-9(19)10-4-7-18(8-5-10)12-11(13(14,15)16)3-2-6-17-12/h2-3,6,10H,4-5,7-8H2,1H3. The maximum atomic E-state index is 12.9. The smallest absolute Gasteiger partial charge is 0.356 e. The molecule has 1 aliphatic heterocycles. The van der Waals surface area contributed by atoms with Crippen molar-refractivity contribution in [3.05, 3.63) is 23.9 Å². The summed E-state index contributed by atoms with van der Waals surface area (Å²) in [5, 5.41) is 0. The lowest BCUT2D eigenvalue weighted by molar-refractivity contribution is -0.137. The van der Waals surface area contributed by atoms with E-state index in [1.807, 2.05) is 0 Å². The highest BCUT2D eigenvalue weighted by molar-refractivity contribution is 5.78. The average Bonchev–Trinajstić information content (AvgIpc) is 2.38. The van der Waals surface area contributed by atoms with Crippen molar-refractivity contribution in [2.24, 2.45) is 5.92 Å². The fraction of sp³-hybridized carbons (Fsp3) is 0.538. The van der Waals surface area contributed by atoms with Crippen LogP contribution in [0.25, 0.3) is 0 Å². The summed E-state index contributed by atoms with van der Waals surface area (Å²) in [5.41, 5.74) is -0.712. The molecule has 0 bridgehead atoms. The molecule has 2 rings (SSSR count). The number of rotatable bonds is 2. The van der Waals surface area contributed by atoms with Gasteiger partial charge in [0.2, 0.25) is 0 Å². The van der Waals surface area contributed by atoms with Crippen molar-refractivity contribution in [1.82, 2.24) is 4.98 Å². The van der Waals surface area contributed by atoms with E-state index in [-0.39, 0.29) is 17.5 Å². The normalized spacial score (nSPS) is 17.6. The summed E-state index contributed by atoms with van der Waals surface area (Å²) in [6, 6.07) is 2.33. The molecular weight excluding hydrogens is 257 g/mol. The zero-order chi connectivity index (χ0) is 14.0. The molecule has 0 aliphatic carbocycles. The lowest BCUT2D eigenvalue weighted by Gasteiger charge is -2.33. The molecule has 0 aromatic carbocycles. The Morgan fingerprint density at radius 3 is 2.53 bits per heavy atom. The predicted octanol–water partition coefficient (Wildman–Crippen LogP) is 2.91. The number of nitrogens with zero attached hydrogens (tertiary/aromatic N) is 2. The largest absolute Gasteiger partial charge is 0.419 e. The fourth-order valence-electron chi connectivity index (χ4n) is 2.37. The second kappa shape index (κ2) is 5.19. The molecule has 0 spiro atoms. The highest BCUT2D eigenvalue weighted by Gasteiger charge is 2.36. The third kappa shape index (κ3) is 3.05. The molecule has 0 unspecified atom stereocenters. The van der Waals surface area contributed by atoms with E-state index in [2.05, 4.69) is 4.98 Å². The Labute approximate surface area is 109 Å². The molecule has 0 saturated carbocycles. The summed E-state index contributed by atoms with van der Waals surface area (Å²) in [4.78, 5) is 16.7. The number of carbonyl (C=O) groups excluding carboxylic acids is 1. The van der Waals surface area contributed by atoms with E-state index in [1.165, 1.54) is 19.2 Å². The Hall–Kier alpha value is -1.59. The lowest BCUT2D eigenvalue weighted by atomic mass is 9.93. The number of piperidine rings is 1. The van der Waals surface area contributed by atoms with E-state index in [0.717, 1.165) is 6.07 Å². The minimum Gasteiger partial charge on any atom is -0.356 e. The Kier molecular flexibility index (Phi) is 3.78. The number of carbonyl (C=O) groups is 1. The van der Waals surface area contributed by atoms with Gasteiger partial charge in [0.05, 0.1) is 5.56 Å². The molecular formula is C13H15F3N2O. The molecule has 1 aliphatic rings. The highest BCUT2D eigenvalue weighted by Crippen LogP contribution is 2.36. The second-order valence-electron chi connectivity index (χ2n) is 4.74. The van der Waals surface area contributed by atoms with Gasteiger partial charge in [-0.25, -0.2) is 4.98 Å². The third-order valence-corrected chi connectivity index (χ3v) is 3.46. The SMILES string of the molecule is CC(=O)C1CCN(c2ncccc2C(F)(F)F)CC1. The van der Waals surface area contributed by atoms with Gasteiger partial charge >= 0.3 is 6.18 Å². The van der Waals surface area contributed by atoms with Crippen LogP contribution in [0.4, 0.5) is 19.0 Å². The van der Waals surface area contributed by atoms with Crippen LogP contribution in [0.3, 0.4) is 0 Å². The van der Waals surface area contributed by atoms with Crippen LogP contribution in [-0.4, -0.2) is 23.9 Å². The van der Waals surface area contributed by atoms with Gasteiger partial charge in [-0.2, -0.15) is 13.2 Å². The molecule has 19 heavy (non-hydrogen) atoms. The van der Waals surface area contributed by atoms with Crippen LogP contribution in [0.15, 0.2) is 18.3 Å². The Morgan fingerprint density at radius 2 is 2.00 bits per heavy atom. The molecule has 2 heterocycles. The van der Waals surface area contributed by atoms with Crippen molar-refractivity contribution in [1.29, 1.82) is 0 Å². The summed E-state index contributed by atoms with van der Waals surface area (Å²) in [6.45, 7) is 2.40. The van der Waals surface area contributed by atoms with Gasteiger partial charge in [0, 0.05) is 25.2 Å². The van der Waals surface area contributed by atoms with Gasteiger partial charge in [0.1, 0.15) is 11.6 Å². The lowest BCUT2D eigenvalue weighted by Crippen LogP contribution is -2.37. The van der Waals surface area contributed by atoms with Crippen molar-refractivity contribution >= 4 is 11.6 Å². The van der Waals surface area contributed by atoms with Gasteiger partial charge in [-0.3, -0.25) is 4.79 Å². The first kappa shape index (κ1) is 13.8. The van der Waals surface area contributed by atoms with E-state index >= 15 is 0 Å². The number of halogens is 3. The van der Waals surface area contributed by atoms with E-state index in [1.54, 1.807) is 4.90 Å². The Morgan fingerprint density at radius 1 is 1.37 bits per heavy atom. The van der Waals surface area contributed by atoms with Crippen molar-refractivity contribution in [3.63, 3.8) is 0 Å². The number of hydrogen-bond acceptors (Lipinski definition) is 3. The number of aromatic nitrogens is 1. The monoisotopic (exact) mass is 272 g/mol. The molecule has 3 nitrogen and oxygen atoms in total. The second-order valence-corrected chi connectivity index (χ2v) is 4.74. The molecule has 6 heteroatoms. The number of hydrogen-bond donors (Lipinski definition) is 0. The molecule has 0 radical (unpaired) electrons. The minimum atomic E-state index is -4.40. The van der Waals surface area contributed by atoms with E-state index in [0.29, 0.717) is 25.9 Å². The van der Waals surface area contributed by atoms with E-state index in [9.17, 15) is 18.0 Å². The molecule has 104 valence electrons. The van der Waals surface area contributed by atoms with Crippen LogP contribution in [0.2, 0.25) is 0 Å². The van der Waals surface area contributed by atoms with Crippen molar-refractivity contribution in [2.45, 2.75) is 25.9 Å². The number of alkyl halides is 3. The minimum absolute atomic E-state index is 0.0306. The third-order valence-electron chi connectivity index (χ3n) is 3.46. The Balaban J connectivity index is 2.18. The number of ketones is 1. The Bertz CT molecular complexity index is 465. The van der Waals surface area contributed by atoms with Crippen LogP contribution >= 0.6 is 0 Å². The van der Waals surface area contributed by atoms with Crippen LogP contribution in [-0.2, 0) is 11.0 Å². The number of Topliss-reactive ketones (excluding diaryl/α,β-unsaturated/α-hetero) is 1. The topological polar surface area (TPSA) is 33.2 Å². The van der Waals surface area contributed by atoms with Gasteiger partial charge in [-0.15, -0.1) is 0 Å². The first-order valence-corrected chi connectivity index (χ1v) is 6.17. The van der Waals surface area contributed by atoms with Gasteiger partial charge in [-0.05, 0) is 31.9 Å². The van der Waals surface area contributed by atoms with Gasteiger partial charge < -0.3 is 4.90 Å². The summed E-state index contributed by atoms with van der Waals surface area (Å²) >= 11 is 0. The first-order valence-electron chi connectivity index (χ1n) is 6.17. The fourth-order valence-corrected chi connectivity index (χ4v) is 2.37. The highest BCUT2D eigenvalue weighted by atomic mass is 19.4. The van der Waals surface area contributed by atoms with Gasteiger partial charge in [-0.1, -0.05) is 0 Å². The molecule has 0 N–H and O–H groups in total. The zero-order valence-electron chi connectivity index (χ0n) is 10.6. The maximum absolute atomic E-state index is 12.9. The molecule has 1 saturated heterocycles. The van der Waals surface area contributed by atoms with Crippen molar-refractivity contribution in [2.75, 3.05) is 18.0 Å². The van der Waals surface area contributed by atoms with Crippen molar-refractivity contribution < 1.29 is 18.0 Å². The quantitative estimate of drug-likeness (QED) is 0.830. The summed E-state index contributed by atoms with van der Waals surface area (Å²) in [7, 11) is 0. The van der Waals surface area contributed by atoms with Crippen LogP contribution in [0.5, 0.6) is 0 Å². The van der Waals surface area contributed by atoms with Gasteiger partial charge in [0.15, 0.2) is 0 Å². The molecule has 0 atom stereocenters. The first-order chi connectivity index (χ1) is 8.89. The van der Waals surface area contributed by atoms with Gasteiger partial charge in [0.25, 0.3) is 0 Å². The molecule has 0 amide bonds. The predicted molar refractivity (Wildman–Crippen MR) is 64.9 cm³/mol. The summed E-state index contributed by atoms with van der Waals surface area (Å²) in [6.07, 6.45) is -1.87. The summed E-state index contributed by atoms with van der Waals surface area (Å²) in [5.74, 6) is 0.0445. The number of anilines is 1. The molecule has 1 aromatic heterocycles. The van der Waals surface area contributed by atoms with Crippen molar-refractivity contribution in [3.8, 4) is 0 Å². The zero-order valence-corrected chi connectivity index (χ0v) is 10.6. The molecule has 1 fully saturated rings. The van der Waals surface area contributed by atoms with Crippen LogP contribution in [0.1, 0.15) is 25.3 Å². The van der Waals surface area contributed by atoms with Crippen LogP contribution < -0.4 is 4.90 Å². The van der Waals surface area contributed by atoms with E-state index < -0.39 is 11.7 Å². The van der Waals surface area contributed by atoms with E-state index in [4.69, 9.17) is 0 Å². The average molecular weight is 272 g/mol. The number of pyridine rings is 1. The maximum Gasteiger partial charge on any atom is 0.419 e.